The smallest absolute Gasteiger partial charge is 0.168 e. The van der Waals surface area contributed by atoms with Crippen LogP contribution < -0.4 is 5.73 Å². The molecule has 0 aromatic carbocycles. The molecule has 1 rings (SSSR count). The third kappa shape index (κ3) is 2.17. The number of ketones is 1. The summed E-state index contributed by atoms with van der Waals surface area (Å²) in [5, 5.41) is 1.94. The van der Waals surface area contributed by atoms with Crippen LogP contribution in [0.1, 0.15) is 29.1 Å². The fraction of sp³-hybridized carbons (Fsp3) is 0.500. The molecular formula is C10H15NOS. The maximum absolute atomic E-state index is 11.8. The van der Waals surface area contributed by atoms with Crippen molar-refractivity contribution in [3.8, 4) is 0 Å². The summed E-state index contributed by atoms with van der Waals surface area (Å²) in [5.74, 6) is 0.0713. The molecule has 0 aliphatic carbocycles. The van der Waals surface area contributed by atoms with E-state index in [9.17, 15) is 4.79 Å². The highest BCUT2D eigenvalue weighted by atomic mass is 32.1. The van der Waals surface area contributed by atoms with Crippen molar-refractivity contribution in [3.05, 3.63) is 21.9 Å². The zero-order valence-electron chi connectivity index (χ0n) is 8.20. The van der Waals surface area contributed by atoms with E-state index in [1.54, 1.807) is 11.3 Å². The molecule has 0 fully saturated rings. The fourth-order valence-corrected chi connectivity index (χ4v) is 1.83. The lowest BCUT2D eigenvalue weighted by molar-refractivity contribution is 0.0917. The minimum absolute atomic E-state index is 0.0770. The number of carbonyl (C=O) groups is 1. The second-order valence-corrected chi connectivity index (χ2v) is 4.52. The van der Waals surface area contributed by atoms with Gasteiger partial charge in [-0.15, -0.1) is 11.3 Å². The predicted molar refractivity (Wildman–Crippen MR) is 56.2 cm³/mol. The van der Waals surface area contributed by atoms with Crippen molar-refractivity contribution in [3.63, 3.8) is 0 Å². The van der Waals surface area contributed by atoms with Crippen LogP contribution in [0, 0.1) is 12.8 Å². The topological polar surface area (TPSA) is 43.1 Å². The summed E-state index contributed by atoms with van der Waals surface area (Å²) in [4.78, 5) is 12.9. The van der Waals surface area contributed by atoms with Gasteiger partial charge in [0.05, 0.1) is 0 Å². The molecule has 2 atom stereocenters. The van der Waals surface area contributed by atoms with Crippen molar-refractivity contribution in [2.24, 2.45) is 11.7 Å². The van der Waals surface area contributed by atoms with Crippen molar-refractivity contribution >= 4 is 17.1 Å². The maximum atomic E-state index is 11.8. The Balaban J connectivity index is 2.86. The second kappa shape index (κ2) is 4.03. The van der Waals surface area contributed by atoms with E-state index in [-0.39, 0.29) is 17.7 Å². The number of rotatable bonds is 3. The molecule has 1 aromatic heterocycles. The molecule has 0 amide bonds. The summed E-state index contributed by atoms with van der Waals surface area (Å²) in [7, 11) is 0. The molecule has 1 aromatic rings. The minimum atomic E-state index is -0.0895. The van der Waals surface area contributed by atoms with Crippen molar-refractivity contribution in [2.45, 2.75) is 26.8 Å². The molecule has 0 spiro atoms. The highest BCUT2D eigenvalue weighted by Gasteiger charge is 2.20. The van der Waals surface area contributed by atoms with Crippen molar-refractivity contribution < 1.29 is 4.79 Å². The standard InChI is InChI=1S/C10H15NOS/c1-6(7(2)11)10(12)9-4-5-13-8(9)3/h4-7H,11H2,1-3H3. The van der Waals surface area contributed by atoms with Gasteiger partial charge in [-0.2, -0.15) is 0 Å². The predicted octanol–water partition coefficient (Wildman–Crippen LogP) is 2.22. The van der Waals surface area contributed by atoms with Crippen molar-refractivity contribution in [2.75, 3.05) is 0 Å². The summed E-state index contributed by atoms with van der Waals surface area (Å²) < 4.78 is 0. The number of hydrogen-bond donors (Lipinski definition) is 1. The maximum Gasteiger partial charge on any atom is 0.168 e. The van der Waals surface area contributed by atoms with E-state index in [1.165, 1.54) is 0 Å². The molecule has 0 aliphatic heterocycles. The third-order valence-corrected chi connectivity index (χ3v) is 3.17. The number of carbonyl (C=O) groups excluding carboxylic acids is 1. The molecule has 0 saturated heterocycles. The first-order valence-corrected chi connectivity index (χ1v) is 5.26. The summed E-state index contributed by atoms with van der Waals surface area (Å²) in [6.07, 6.45) is 0. The van der Waals surface area contributed by atoms with Crippen LogP contribution in [0.15, 0.2) is 11.4 Å². The van der Waals surface area contributed by atoms with Gasteiger partial charge < -0.3 is 5.73 Å². The molecule has 2 N–H and O–H groups in total. The van der Waals surface area contributed by atoms with E-state index in [4.69, 9.17) is 5.73 Å². The SMILES string of the molecule is Cc1sccc1C(=O)C(C)C(C)N. The van der Waals surface area contributed by atoms with Crippen LogP contribution in [0.25, 0.3) is 0 Å². The van der Waals surface area contributed by atoms with Crippen LogP contribution in [-0.2, 0) is 0 Å². The van der Waals surface area contributed by atoms with Gasteiger partial charge >= 0.3 is 0 Å². The van der Waals surface area contributed by atoms with Crippen LogP contribution in [0.4, 0.5) is 0 Å². The number of thiophene rings is 1. The number of hydrogen-bond acceptors (Lipinski definition) is 3. The second-order valence-electron chi connectivity index (χ2n) is 3.40. The van der Waals surface area contributed by atoms with Crippen molar-refractivity contribution in [1.82, 2.24) is 0 Å². The Labute approximate surface area is 82.8 Å². The first kappa shape index (κ1) is 10.4. The largest absolute Gasteiger partial charge is 0.327 e. The van der Waals surface area contributed by atoms with Crippen molar-refractivity contribution in [1.29, 1.82) is 0 Å². The fourth-order valence-electron chi connectivity index (χ4n) is 1.12. The van der Waals surface area contributed by atoms with Gasteiger partial charge in [-0.05, 0) is 25.3 Å². The van der Waals surface area contributed by atoms with E-state index in [0.29, 0.717) is 0 Å². The molecule has 72 valence electrons. The molecule has 13 heavy (non-hydrogen) atoms. The highest BCUT2D eigenvalue weighted by Crippen LogP contribution is 2.19. The molecule has 0 saturated carbocycles. The normalized spacial score (nSPS) is 15.4. The van der Waals surface area contributed by atoms with E-state index in [0.717, 1.165) is 10.4 Å². The molecule has 2 nitrogen and oxygen atoms in total. The average Bonchev–Trinajstić information content (AvgIpc) is 2.48. The van der Waals surface area contributed by atoms with Gasteiger partial charge in [-0.25, -0.2) is 0 Å². The van der Waals surface area contributed by atoms with Crippen LogP contribution in [-0.4, -0.2) is 11.8 Å². The summed E-state index contributed by atoms with van der Waals surface area (Å²) in [6, 6.07) is 1.80. The van der Waals surface area contributed by atoms with Gasteiger partial charge in [0.1, 0.15) is 0 Å². The van der Waals surface area contributed by atoms with Crippen LogP contribution >= 0.6 is 11.3 Å². The zero-order valence-corrected chi connectivity index (χ0v) is 9.02. The van der Waals surface area contributed by atoms with E-state index in [1.807, 2.05) is 32.2 Å². The molecule has 0 radical (unpaired) electrons. The van der Waals surface area contributed by atoms with Gasteiger partial charge in [-0.3, -0.25) is 4.79 Å². The third-order valence-electron chi connectivity index (χ3n) is 2.33. The number of aryl methyl sites for hydroxylation is 1. The van der Waals surface area contributed by atoms with Crippen LogP contribution in [0.5, 0.6) is 0 Å². The van der Waals surface area contributed by atoms with Crippen LogP contribution in [0.3, 0.4) is 0 Å². The lowest BCUT2D eigenvalue weighted by atomic mass is 9.94. The Morgan fingerprint density at radius 3 is 2.54 bits per heavy atom. The van der Waals surface area contributed by atoms with Gasteiger partial charge in [-0.1, -0.05) is 6.92 Å². The highest BCUT2D eigenvalue weighted by molar-refractivity contribution is 7.10. The Kier molecular flexibility index (Phi) is 3.22. The average molecular weight is 197 g/mol. The summed E-state index contributed by atoms with van der Waals surface area (Å²) in [5.41, 5.74) is 6.50. The first-order chi connectivity index (χ1) is 6.04. The lowest BCUT2D eigenvalue weighted by Gasteiger charge is -2.13. The Morgan fingerprint density at radius 1 is 1.54 bits per heavy atom. The monoisotopic (exact) mass is 197 g/mol. The summed E-state index contributed by atoms with van der Waals surface area (Å²) in [6.45, 7) is 5.71. The van der Waals surface area contributed by atoms with Gasteiger partial charge in [0.15, 0.2) is 5.78 Å². The molecule has 2 unspecified atom stereocenters. The van der Waals surface area contributed by atoms with Gasteiger partial charge in [0.25, 0.3) is 0 Å². The van der Waals surface area contributed by atoms with E-state index in [2.05, 4.69) is 0 Å². The minimum Gasteiger partial charge on any atom is -0.327 e. The molecule has 1 heterocycles. The Morgan fingerprint density at radius 2 is 2.15 bits per heavy atom. The van der Waals surface area contributed by atoms with E-state index >= 15 is 0 Å². The number of Topliss-reactive ketones (excluding diaryl/α,β-unsaturated/α-hetero) is 1. The molecule has 3 heteroatoms. The molecule has 0 aliphatic rings. The van der Waals surface area contributed by atoms with Gasteiger partial charge in [0, 0.05) is 22.4 Å². The Bertz CT molecular complexity index is 304. The van der Waals surface area contributed by atoms with E-state index < -0.39 is 0 Å². The quantitative estimate of drug-likeness (QED) is 0.755. The Hall–Kier alpha value is -0.670. The lowest BCUT2D eigenvalue weighted by Crippen LogP contribution is -2.30. The summed E-state index contributed by atoms with van der Waals surface area (Å²) >= 11 is 1.60. The van der Waals surface area contributed by atoms with Gasteiger partial charge in [0.2, 0.25) is 0 Å². The zero-order chi connectivity index (χ0) is 10.0. The van der Waals surface area contributed by atoms with Crippen LogP contribution in [0.2, 0.25) is 0 Å². The molecule has 0 bridgehead atoms. The first-order valence-electron chi connectivity index (χ1n) is 4.38. The number of nitrogens with two attached hydrogens (primary N) is 1. The molecular weight excluding hydrogens is 182 g/mol.